The Morgan fingerprint density at radius 1 is 0.347 bits per heavy atom. The van der Waals surface area contributed by atoms with Crippen LogP contribution in [0.5, 0.6) is 0 Å². The molecule has 0 aromatic carbocycles. The molecule has 0 spiro atoms. The first-order valence-corrected chi connectivity index (χ1v) is 23.4. The molecular weight excluding hydrogens is 593 g/mol. The van der Waals surface area contributed by atoms with E-state index in [2.05, 4.69) is 42.3 Å². The van der Waals surface area contributed by atoms with Gasteiger partial charge in [0.05, 0.1) is 13.1 Å². The van der Waals surface area contributed by atoms with Crippen molar-refractivity contribution in [3.63, 3.8) is 0 Å². The minimum atomic E-state index is 1.23. The van der Waals surface area contributed by atoms with Crippen LogP contribution in [0.25, 0.3) is 0 Å². The Morgan fingerprint density at radius 2 is 0.633 bits per heavy atom. The molecule has 290 valence electrons. The molecule has 49 heavy (non-hydrogen) atoms. The number of aryl methyl sites for hydroxylation is 2. The van der Waals surface area contributed by atoms with Gasteiger partial charge in [0.15, 0.2) is 0 Å². The smallest absolute Gasteiger partial charge is 0.234 e. The monoisotopic (exact) mass is 686 g/mol. The summed E-state index contributed by atoms with van der Waals surface area (Å²) < 4.78 is 5.27. The lowest BCUT2D eigenvalue weighted by Gasteiger charge is -2.07. The SMILES string of the molecule is CCCCCCCCCCCCCCCCCCCn1cc[n+](CCCCCCC)c1CCCCCCCCCCCCCCCCCC. The average Bonchev–Trinajstić information content (AvgIpc) is 3.50. The third-order valence-corrected chi connectivity index (χ3v) is 11.3. The first kappa shape index (κ1) is 46.2. The van der Waals surface area contributed by atoms with E-state index in [1.54, 1.807) is 5.82 Å². The van der Waals surface area contributed by atoms with E-state index in [0.29, 0.717) is 0 Å². The quantitative estimate of drug-likeness (QED) is 0.0479. The van der Waals surface area contributed by atoms with Crippen LogP contribution in [0.3, 0.4) is 0 Å². The van der Waals surface area contributed by atoms with Crippen molar-refractivity contribution in [2.75, 3.05) is 0 Å². The van der Waals surface area contributed by atoms with Gasteiger partial charge in [0, 0.05) is 6.42 Å². The van der Waals surface area contributed by atoms with Crippen molar-refractivity contribution < 1.29 is 4.57 Å². The summed E-state index contributed by atoms with van der Waals surface area (Å²) in [5, 5.41) is 0. The van der Waals surface area contributed by atoms with E-state index in [9.17, 15) is 0 Å². The Morgan fingerprint density at radius 3 is 0.980 bits per heavy atom. The van der Waals surface area contributed by atoms with Crippen LogP contribution in [0, 0.1) is 0 Å². The van der Waals surface area contributed by atoms with Gasteiger partial charge >= 0.3 is 0 Å². The molecule has 0 aliphatic carbocycles. The van der Waals surface area contributed by atoms with Gasteiger partial charge in [0.2, 0.25) is 0 Å². The van der Waals surface area contributed by atoms with Crippen LogP contribution in [-0.2, 0) is 19.5 Å². The van der Waals surface area contributed by atoms with Gasteiger partial charge in [-0.1, -0.05) is 233 Å². The van der Waals surface area contributed by atoms with Crippen LogP contribution in [0.1, 0.15) is 271 Å². The molecule has 0 unspecified atom stereocenters. The molecular formula is C47H93N2+. The van der Waals surface area contributed by atoms with Crippen LogP contribution >= 0.6 is 0 Å². The van der Waals surface area contributed by atoms with Crippen LogP contribution < -0.4 is 4.57 Å². The van der Waals surface area contributed by atoms with Gasteiger partial charge in [0.25, 0.3) is 5.82 Å². The molecule has 0 amide bonds. The maximum Gasteiger partial charge on any atom is 0.256 e. The van der Waals surface area contributed by atoms with Crippen molar-refractivity contribution in [3.8, 4) is 0 Å². The van der Waals surface area contributed by atoms with Crippen molar-refractivity contribution in [2.45, 2.75) is 284 Å². The van der Waals surface area contributed by atoms with Crippen molar-refractivity contribution in [2.24, 2.45) is 0 Å². The molecule has 1 heterocycles. The minimum absolute atomic E-state index is 1.23. The highest BCUT2D eigenvalue weighted by molar-refractivity contribution is 4.84. The minimum Gasteiger partial charge on any atom is -0.234 e. The Kier molecular flexibility index (Phi) is 36.3. The fourth-order valence-corrected chi connectivity index (χ4v) is 7.92. The molecule has 1 aromatic rings. The largest absolute Gasteiger partial charge is 0.256 e. The lowest BCUT2D eigenvalue weighted by Crippen LogP contribution is -2.37. The number of unbranched alkanes of at least 4 members (excludes halogenated alkanes) is 35. The second kappa shape index (κ2) is 38.4. The predicted molar refractivity (Wildman–Crippen MR) is 221 cm³/mol. The zero-order chi connectivity index (χ0) is 35.1. The molecule has 0 bridgehead atoms. The summed E-state index contributed by atoms with van der Waals surface area (Å²) in [4.78, 5) is 0. The standard InChI is InChI=1S/C47H93N2/c1-4-7-10-13-15-17-19-21-23-25-27-29-31-33-35-38-41-44-49-46-45-48(43-40-37-12-9-6-3)47(49)42-39-36-34-32-30-28-26-24-22-20-18-16-14-11-8-5-2/h45-46H,4-44H2,1-3H3/q+1. The Bertz CT molecular complexity index is 751. The maximum absolute atomic E-state index is 2.64. The average molecular weight is 686 g/mol. The van der Waals surface area contributed by atoms with Crippen LogP contribution in [0.4, 0.5) is 0 Å². The zero-order valence-corrected chi connectivity index (χ0v) is 34.5. The van der Waals surface area contributed by atoms with Crippen LogP contribution in [-0.4, -0.2) is 4.57 Å². The molecule has 0 atom stereocenters. The summed E-state index contributed by atoms with van der Waals surface area (Å²) in [7, 11) is 0. The van der Waals surface area contributed by atoms with Crippen molar-refractivity contribution in [3.05, 3.63) is 18.2 Å². The third kappa shape index (κ3) is 30.5. The molecule has 0 saturated carbocycles. The summed E-state index contributed by atoms with van der Waals surface area (Å²) in [5.74, 6) is 1.62. The van der Waals surface area contributed by atoms with Gasteiger partial charge in [-0.05, 0) is 32.1 Å². The number of nitrogens with zero attached hydrogens (tertiary/aromatic N) is 2. The van der Waals surface area contributed by atoms with Crippen molar-refractivity contribution in [1.29, 1.82) is 0 Å². The predicted octanol–water partition coefficient (Wildman–Crippen LogP) is 16.2. The van der Waals surface area contributed by atoms with Gasteiger partial charge in [0.1, 0.15) is 12.4 Å². The van der Waals surface area contributed by atoms with Gasteiger partial charge in [-0.2, -0.15) is 0 Å². The lowest BCUT2D eigenvalue weighted by molar-refractivity contribution is -0.704. The molecule has 1 aromatic heterocycles. The van der Waals surface area contributed by atoms with E-state index in [1.165, 1.54) is 264 Å². The van der Waals surface area contributed by atoms with Crippen LogP contribution in [0.15, 0.2) is 12.4 Å². The fraction of sp³-hybridized carbons (Fsp3) is 0.936. The first-order valence-electron chi connectivity index (χ1n) is 23.4. The van der Waals surface area contributed by atoms with Crippen molar-refractivity contribution in [1.82, 2.24) is 4.57 Å². The van der Waals surface area contributed by atoms with Gasteiger partial charge in [-0.15, -0.1) is 0 Å². The molecule has 0 fully saturated rings. The number of hydrogen-bond donors (Lipinski definition) is 0. The van der Waals surface area contributed by atoms with E-state index in [0.717, 1.165) is 0 Å². The normalized spacial score (nSPS) is 11.7. The number of hydrogen-bond acceptors (Lipinski definition) is 0. The molecule has 0 aliphatic rings. The van der Waals surface area contributed by atoms with Gasteiger partial charge in [-0.25, -0.2) is 9.13 Å². The highest BCUT2D eigenvalue weighted by atomic mass is 15.1. The molecule has 2 heteroatoms. The Balaban J connectivity index is 2.13. The number of rotatable bonds is 41. The Hall–Kier alpha value is -0.790. The molecule has 0 radical (unpaired) electrons. The summed E-state index contributed by atoms with van der Waals surface area (Å²) >= 11 is 0. The highest BCUT2D eigenvalue weighted by Gasteiger charge is 2.16. The molecule has 2 nitrogen and oxygen atoms in total. The summed E-state index contributed by atoms with van der Waals surface area (Å²) in [6.45, 7) is 9.41. The second-order valence-corrected chi connectivity index (χ2v) is 16.2. The van der Waals surface area contributed by atoms with Crippen molar-refractivity contribution >= 4 is 0 Å². The third-order valence-electron chi connectivity index (χ3n) is 11.3. The molecule has 0 aliphatic heterocycles. The van der Waals surface area contributed by atoms with E-state index in [4.69, 9.17) is 0 Å². The lowest BCUT2D eigenvalue weighted by atomic mass is 10.0. The number of aromatic nitrogens is 2. The number of imidazole rings is 1. The summed E-state index contributed by atoms with van der Waals surface area (Å²) in [6.07, 6.45) is 60.9. The summed E-state index contributed by atoms with van der Waals surface area (Å²) in [5.41, 5.74) is 0. The second-order valence-electron chi connectivity index (χ2n) is 16.2. The van der Waals surface area contributed by atoms with Gasteiger partial charge < -0.3 is 0 Å². The zero-order valence-electron chi connectivity index (χ0n) is 34.5. The highest BCUT2D eigenvalue weighted by Crippen LogP contribution is 2.17. The molecule has 0 N–H and O–H groups in total. The van der Waals surface area contributed by atoms with Crippen LogP contribution in [0.2, 0.25) is 0 Å². The van der Waals surface area contributed by atoms with E-state index >= 15 is 0 Å². The maximum atomic E-state index is 2.64. The molecule has 1 rings (SSSR count). The summed E-state index contributed by atoms with van der Waals surface area (Å²) in [6, 6.07) is 0. The van der Waals surface area contributed by atoms with E-state index in [1.807, 2.05) is 0 Å². The van der Waals surface area contributed by atoms with E-state index in [-0.39, 0.29) is 0 Å². The Labute approximate surface area is 310 Å². The van der Waals surface area contributed by atoms with E-state index < -0.39 is 0 Å². The van der Waals surface area contributed by atoms with Gasteiger partial charge in [-0.3, -0.25) is 0 Å². The fourth-order valence-electron chi connectivity index (χ4n) is 7.92. The molecule has 0 saturated heterocycles. The topological polar surface area (TPSA) is 8.81 Å². The first-order chi connectivity index (χ1) is 24.3.